The summed E-state index contributed by atoms with van der Waals surface area (Å²) in [6.45, 7) is 2.82. The van der Waals surface area contributed by atoms with Crippen LogP contribution in [-0.4, -0.2) is 112 Å². The summed E-state index contributed by atoms with van der Waals surface area (Å²) in [7, 11) is -4.90. The van der Waals surface area contributed by atoms with Gasteiger partial charge in [-0.15, -0.1) is 0 Å². The minimum Gasteiger partial charge on any atom is -0.456 e. The number of benzene rings is 1. The summed E-state index contributed by atoms with van der Waals surface area (Å²) >= 11 is 0. The van der Waals surface area contributed by atoms with Crippen LogP contribution >= 0.6 is 7.82 Å². The Morgan fingerprint density at radius 1 is 1.13 bits per heavy atom. The predicted molar refractivity (Wildman–Crippen MR) is 179 cm³/mol. The van der Waals surface area contributed by atoms with Crippen LogP contribution in [0.3, 0.4) is 0 Å². The van der Waals surface area contributed by atoms with E-state index < -0.39 is 75.5 Å². The van der Waals surface area contributed by atoms with Gasteiger partial charge in [-0.1, -0.05) is 24.6 Å². The minimum atomic E-state index is -4.90. The van der Waals surface area contributed by atoms with Gasteiger partial charge in [-0.25, -0.2) is 24.3 Å². The number of esters is 1. The SMILES string of the molecule is C[C@H](CCCCC(=O)OP(=O)(O)OC[C@H]1O[C@@H](n2cnc3c(N)ncnc32)[C@H](O)[C@@H]1O)O[C@@H]1O[C@@H](C)[C@H](OC(=O)c2c[nH]c3ccccc23)C[C@H]1O. The van der Waals surface area contributed by atoms with Crippen molar-refractivity contribution in [1.29, 1.82) is 0 Å². The number of aromatic nitrogens is 5. The number of carbonyl (C=O) groups excluding carboxylic acids is 2. The number of para-hydroxylation sites is 1. The maximum absolute atomic E-state index is 12.9. The summed E-state index contributed by atoms with van der Waals surface area (Å²) in [5.74, 6) is -1.41. The molecule has 0 spiro atoms. The summed E-state index contributed by atoms with van der Waals surface area (Å²) in [5, 5.41) is 32.5. The number of ether oxygens (including phenoxy) is 4. The van der Waals surface area contributed by atoms with Crippen molar-refractivity contribution in [3.63, 3.8) is 0 Å². The summed E-state index contributed by atoms with van der Waals surface area (Å²) < 4.78 is 46.4. The molecule has 2 saturated heterocycles. The standard InChI is InChI=1S/C32H41N6O13P/c1-16(47-32-21(39)11-22(17(2)48-32)50-31(43)19-12-34-20-9-5-4-8-18(19)20)7-3-6-10-24(40)51-52(44,45)46-13-23-26(41)27(42)30(49-23)38-15-37-25-28(33)35-14-36-29(25)38/h4-5,8-9,12,14-17,21-23,26-27,30,32,34,39,41-42H,3,6-7,10-11,13H2,1-2H3,(H,44,45)(H2,33,35,36)/t16-,17+,21-,22-,23-,26-,27-,30-,32-/m1/s1. The number of rotatable bonds is 14. The van der Waals surface area contributed by atoms with Gasteiger partial charge < -0.3 is 49.5 Å². The van der Waals surface area contributed by atoms with Gasteiger partial charge in [-0.3, -0.25) is 18.8 Å². The van der Waals surface area contributed by atoms with E-state index in [0.29, 0.717) is 18.4 Å². The molecule has 4 aromatic rings. The lowest BCUT2D eigenvalue weighted by molar-refractivity contribution is -0.273. The zero-order valence-corrected chi connectivity index (χ0v) is 29.2. The van der Waals surface area contributed by atoms with Crippen LogP contribution in [0.5, 0.6) is 0 Å². The molecule has 19 nitrogen and oxygen atoms in total. The van der Waals surface area contributed by atoms with Crippen LogP contribution < -0.4 is 5.73 Å². The molecule has 282 valence electrons. The number of aliphatic hydroxyl groups excluding tert-OH is 3. The summed E-state index contributed by atoms with van der Waals surface area (Å²) in [6, 6.07) is 7.35. The van der Waals surface area contributed by atoms with Gasteiger partial charge in [0.25, 0.3) is 0 Å². The molecule has 3 aromatic heterocycles. The minimum absolute atomic E-state index is 0.102. The Morgan fingerprint density at radius 2 is 1.92 bits per heavy atom. The van der Waals surface area contributed by atoms with Crippen molar-refractivity contribution in [2.75, 3.05) is 12.3 Å². The highest BCUT2D eigenvalue weighted by Gasteiger charge is 2.46. The number of phosphoric ester groups is 1. The largest absolute Gasteiger partial charge is 0.529 e. The van der Waals surface area contributed by atoms with E-state index in [-0.39, 0.29) is 42.3 Å². The van der Waals surface area contributed by atoms with Crippen LogP contribution in [0.4, 0.5) is 5.82 Å². The van der Waals surface area contributed by atoms with E-state index in [1.165, 1.54) is 17.2 Å². The first-order valence-electron chi connectivity index (χ1n) is 16.7. The Labute approximate surface area is 296 Å². The fraction of sp³-hybridized carbons (Fsp3) is 0.531. The van der Waals surface area contributed by atoms with E-state index in [9.17, 15) is 34.4 Å². The van der Waals surface area contributed by atoms with Crippen molar-refractivity contribution in [1.82, 2.24) is 24.5 Å². The molecule has 0 bridgehead atoms. The average molecular weight is 749 g/mol. The number of fused-ring (bicyclic) bond motifs is 2. The number of nitrogens with two attached hydrogens (primary N) is 1. The number of aromatic amines is 1. The van der Waals surface area contributed by atoms with Gasteiger partial charge in [-0.05, 0) is 32.8 Å². The molecule has 1 aromatic carbocycles. The van der Waals surface area contributed by atoms with Crippen molar-refractivity contribution in [2.45, 2.75) is 101 Å². The lowest BCUT2D eigenvalue weighted by Crippen LogP contribution is -2.49. The highest BCUT2D eigenvalue weighted by Crippen LogP contribution is 2.45. The summed E-state index contributed by atoms with van der Waals surface area (Å²) in [4.78, 5) is 50.3. The second-order valence-corrected chi connectivity index (χ2v) is 14.1. The molecule has 5 heterocycles. The number of anilines is 1. The lowest BCUT2D eigenvalue weighted by Gasteiger charge is -2.38. The van der Waals surface area contributed by atoms with Crippen molar-refractivity contribution < 1.29 is 62.4 Å². The van der Waals surface area contributed by atoms with Gasteiger partial charge in [0.05, 0.1) is 30.7 Å². The fourth-order valence-corrected chi connectivity index (χ4v) is 6.89. The quantitative estimate of drug-likeness (QED) is 0.0610. The second kappa shape index (κ2) is 15.9. The number of hydrogen-bond acceptors (Lipinski definition) is 16. The van der Waals surface area contributed by atoms with Crippen LogP contribution in [-0.2, 0) is 37.4 Å². The molecule has 2 fully saturated rings. The van der Waals surface area contributed by atoms with E-state index in [4.69, 9.17) is 29.2 Å². The smallest absolute Gasteiger partial charge is 0.456 e. The molecule has 0 saturated carbocycles. The molecular weight excluding hydrogens is 707 g/mol. The third kappa shape index (κ3) is 8.43. The first-order chi connectivity index (χ1) is 24.8. The normalized spacial score (nSPS) is 28.1. The zero-order chi connectivity index (χ0) is 37.2. The van der Waals surface area contributed by atoms with Gasteiger partial charge in [0, 0.05) is 29.9 Å². The number of carbonyl (C=O) groups is 2. The fourth-order valence-electron chi connectivity index (χ4n) is 6.16. The third-order valence-electron chi connectivity index (χ3n) is 8.95. The van der Waals surface area contributed by atoms with E-state index in [2.05, 4.69) is 24.5 Å². The number of aliphatic hydroxyl groups is 3. The van der Waals surface area contributed by atoms with Crippen LogP contribution in [0.1, 0.15) is 62.5 Å². The topological polar surface area (TPSA) is 273 Å². The lowest BCUT2D eigenvalue weighted by atomic mass is 10.0. The Bertz CT molecular complexity index is 1920. The number of nitrogens with zero attached hydrogens (tertiary/aromatic N) is 4. The molecule has 2 aliphatic rings. The highest BCUT2D eigenvalue weighted by atomic mass is 31.2. The Kier molecular flexibility index (Phi) is 11.5. The second-order valence-electron chi connectivity index (χ2n) is 12.8. The molecule has 20 heteroatoms. The number of H-pyrrole nitrogens is 1. The monoisotopic (exact) mass is 748 g/mol. The molecule has 1 unspecified atom stereocenters. The first kappa shape index (κ1) is 37.7. The molecule has 10 atom stereocenters. The molecule has 6 rings (SSSR count). The van der Waals surface area contributed by atoms with Gasteiger partial charge in [0.15, 0.2) is 24.0 Å². The number of nitrogens with one attached hydrogen (secondary N) is 1. The predicted octanol–water partition coefficient (Wildman–Crippen LogP) is 1.86. The molecule has 52 heavy (non-hydrogen) atoms. The number of hydrogen-bond donors (Lipinski definition) is 6. The average Bonchev–Trinajstić information content (AvgIpc) is 3.80. The first-order valence-corrected chi connectivity index (χ1v) is 18.2. The Balaban J connectivity index is 0.884. The summed E-state index contributed by atoms with van der Waals surface area (Å²) in [5.41, 5.74) is 7.47. The zero-order valence-electron chi connectivity index (χ0n) is 28.3. The van der Waals surface area contributed by atoms with E-state index in [1.807, 2.05) is 24.3 Å². The van der Waals surface area contributed by atoms with E-state index in [1.54, 1.807) is 20.0 Å². The molecule has 7 N–H and O–H groups in total. The summed E-state index contributed by atoms with van der Waals surface area (Å²) in [6.07, 6.45) is -3.90. The molecule has 0 radical (unpaired) electrons. The maximum atomic E-state index is 12.9. The molecule has 2 aliphatic heterocycles. The van der Waals surface area contributed by atoms with Crippen molar-refractivity contribution >= 4 is 47.6 Å². The van der Waals surface area contributed by atoms with Crippen LogP contribution in [0.2, 0.25) is 0 Å². The Morgan fingerprint density at radius 3 is 2.73 bits per heavy atom. The van der Waals surface area contributed by atoms with Crippen molar-refractivity contribution in [2.24, 2.45) is 0 Å². The molecule has 0 amide bonds. The van der Waals surface area contributed by atoms with Gasteiger partial charge in [-0.2, -0.15) is 0 Å². The number of phosphoric acid groups is 1. The number of nitrogen functional groups attached to an aromatic ring is 1. The van der Waals surface area contributed by atoms with E-state index in [0.717, 1.165) is 10.9 Å². The maximum Gasteiger partial charge on any atom is 0.529 e. The molecule has 0 aliphatic carbocycles. The van der Waals surface area contributed by atoms with E-state index >= 15 is 0 Å². The van der Waals surface area contributed by atoms with Crippen molar-refractivity contribution in [3.05, 3.63) is 48.7 Å². The van der Waals surface area contributed by atoms with Crippen molar-refractivity contribution in [3.8, 4) is 0 Å². The van der Waals surface area contributed by atoms with Gasteiger partial charge >= 0.3 is 19.8 Å². The molecular formula is C32H41N6O13P. The Hall–Kier alpha value is -4.04. The van der Waals surface area contributed by atoms with Crippen LogP contribution in [0.25, 0.3) is 22.1 Å². The van der Waals surface area contributed by atoms with Gasteiger partial charge in [0.2, 0.25) is 0 Å². The number of imidazole rings is 1. The van der Waals surface area contributed by atoms with Crippen LogP contribution in [0, 0.1) is 0 Å². The van der Waals surface area contributed by atoms with Gasteiger partial charge in [0.1, 0.15) is 42.4 Å². The third-order valence-corrected chi connectivity index (χ3v) is 9.86. The van der Waals surface area contributed by atoms with Crippen LogP contribution in [0.15, 0.2) is 43.1 Å². The highest BCUT2D eigenvalue weighted by molar-refractivity contribution is 7.48. The number of unbranched alkanes of at least 4 members (excludes halogenated alkanes) is 1.